The zero-order chi connectivity index (χ0) is 44.5. The minimum Gasteiger partial charge on any atom is -0.780 e. The van der Waals surface area contributed by atoms with Crippen LogP contribution in [0.1, 0.15) is 18.7 Å². The first kappa shape index (κ1) is 43.6. The number of imidazole rings is 3. The number of anilines is 3. The minimum absolute atomic E-state index is 0.0223. The molecule has 2 unspecified atom stereocenters. The number of ether oxygens (including phenoxy) is 3. The predicted octanol–water partition coefficient (Wildman–Crippen LogP) is -4.76. The molecule has 3 fully saturated rings. The summed E-state index contributed by atoms with van der Waals surface area (Å²) in [7, 11) is -5.52. The van der Waals surface area contributed by atoms with E-state index in [1.165, 1.54) is 26.4 Å². The topological polar surface area (TPSA) is 438 Å². The zero-order valence-electron chi connectivity index (χ0n) is 31.7. The molecule has 3 aliphatic rings. The van der Waals surface area contributed by atoms with Crippen molar-refractivity contribution in [3.05, 3.63) is 38.0 Å². The average Bonchev–Trinajstić information content (AvgIpc) is 4.11. The summed E-state index contributed by atoms with van der Waals surface area (Å²) in [5, 5.41) is 54.1. The molecule has 0 bridgehead atoms. The Morgan fingerprint density at radius 1 is 0.603 bits per heavy atom. The van der Waals surface area contributed by atoms with Crippen molar-refractivity contribution in [3.63, 3.8) is 0 Å². The van der Waals surface area contributed by atoms with E-state index >= 15 is 0 Å². The van der Waals surface area contributed by atoms with Crippen molar-refractivity contribution in [1.82, 2.24) is 58.6 Å². The Labute approximate surface area is 356 Å². The van der Waals surface area contributed by atoms with E-state index in [-0.39, 0.29) is 50.9 Å². The van der Waals surface area contributed by atoms with Crippen LogP contribution in [0.25, 0.3) is 33.5 Å². The SMILES string of the molecule is Nc1ncnc2c1ncn2[C@@H]1O[C@H](COP(=O)([O-])O[C@@H]2[C@H](O)[C@@H](COP([O-])(=S)O[C@@H]3[C@H](O)[C@@H](CO)O[C@H]3n3cnc4c(N)ncnc43)O[C@H]2n2cnc3c(N)ncnc32)[C@@H](O)[C@H]1O. The van der Waals surface area contributed by atoms with Gasteiger partial charge in [0.05, 0.1) is 38.8 Å². The van der Waals surface area contributed by atoms with Crippen LogP contribution in [0.4, 0.5) is 17.5 Å². The van der Waals surface area contributed by atoms with Gasteiger partial charge in [-0.1, -0.05) is 11.8 Å². The van der Waals surface area contributed by atoms with Crippen molar-refractivity contribution >= 4 is 77.3 Å². The summed E-state index contributed by atoms with van der Waals surface area (Å²) >= 11 is 5.17. The van der Waals surface area contributed by atoms with Crippen LogP contribution in [-0.2, 0) is 48.7 Å². The summed E-state index contributed by atoms with van der Waals surface area (Å²) in [5.74, 6) is 0.0186. The molecule has 11 N–H and O–H groups in total. The van der Waals surface area contributed by atoms with Gasteiger partial charge in [0.2, 0.25) is 0 Å². The lowest BCUT2D eigenvalue weighted by Gasteiger charge is -2.34. The summed E-state index contributed by atoms with van der Waals surface area (Å²) in [6, 6.07) is 0. The number of aliphatic hydroxyl groups is 5. The molecule has 3 aliphatic heterocycles. The second-order valence-electron chi connectivity index (χ2n) is 14.2. The van der Waals surface area contributed by atoms with Gasteiger partial charge in [0, 0.05) is 0 Å². The lowest BCUT2D eigenvalue weighted by Crippen LogP contribution is -2.38. The predicted molar refractivity (Wildman–Crippen MR) is 206 cm³/mol. The van der Waals surface area contributed by atoms with Crippen molar-refractivity contribution < 1.29 is 72.2 Å². The van der Waals surface area contributed by atoms with Crippen molar-refractivity contribution in [2.24, 2.45) is 0 Å². The maximum atomic E-state index is 13.8. The molecule has 30 nitrogen and oxygen atoms in total. The van der Waals surface area contributed by atoms with Crippen molar-refractivity contribution in [1.29, 1.82) is 0 Å². The standard InChI is InChI=1S/C30H37N15O15P2S/c31-22-13-25(37-4-34-22)43(7-40-13)28-19(50)16(47)11(57-28)2-54-61(51,52)59-20-18(49)12(58-29(20)44-8-41-14-23(32)35-5-38-26(14)44)3-55-62(53,63)60-21-17(48)10(1-46)56-30(21)45-9-42-15-24(33)36-6-39-27(15)45/h4-12,16-21,28-30,46-50H,1-3H2,(H,51,52)(H,53,63)(H2,31,34,37)(H2,32,35,38)(H2,33,36,39)/p-2/t10-,11-,12-,16-,17-,18-,19-,20-,21-,28-,29-,30-,62?/m1/s1. The number of rotatable bonds is 14. The molecule has 0 aromatic carbocycles. The number of phosphoric acid groups is 1. The molecule has 0 amide bonds. The van der Waals surface area contributed by atoms with E-state index in [4.69, 9.17) is 61.3 Å². The van der Waals surface area contributed by atoms with E-state index in [0.29, 0.717) is 0 Å². The van der Waals surface area contributed by atoms with Crippen LogP contribution in [-0.4, -0.2) is 159 Å². The third-order valence-corrected chi connectivity index (χ3v) is 12.9. The van der Waals surface area contributed by atoms with E-state index in [2.05, 4.69) is 44.9 Å². The summed E-state index contributed by atoms with van der Waals surface area (Å²) < 4.78 is 56.3. The summed E-state index contributed by atoms with van der Waals surface area (Å²) in [6.07, 6.45) is -11.7. The van der Waals surface area contributed by atoms with Crippen LogP contribution in [0.3, 0.4) is 0 Å². The number of phosphoric ester groups is 1. The molecule has 14 atom stereocenters. The Morgan fingerprint density at radius 2 is 1.02 bits per heavy atom. The number of nitrogens with zero attached hydrogens (tertiary/aromatic N) is 12. The van der Waals surface area contributed by atoms with E-state index in [0.717, 1.165) is 25.3 Å². The van der Waals surface area contributed by atoms with Crippen molar-refractivity contribution in [3.8, 4) is 0 Å². The molecule has 338 valence electrons. The number of hydrogen-bond donors (Lipinski definition) is 8. The van der Waals surface area contributed by atoms with Gasteiger partial charge in [0.25, 0.3) is 7.82 Å². The van der Waals surface area contributed by atoms with Crippen LogP contribution in [0.2, 0.25) is 0 Å². The highest BCUT2D eigenvalue weighted by Crippen LogP contribution is 2.50. The van der Waals surface area contributed by atoms with Crippen molar-refractivity contribution in [2.75, 3.05) is 37.0 Å². The van der Waals surface area contributed by atoms with Crippen LogP contribution < -0.4 is 27.0 Å². The maximum absolute atomic E-state index is 13.8. The van der Waals surface area contributed by atoms with Crippen LogP contribution in [0.15, 0.2) is 38.0 Å². The molecular weight excluding hydrogens is 904 g/mol. The first-order valence-corrected chi connectivity index (χ1v) is 22.4. The lowest BCUT2D eigenvalue weighted by molar-refractivity contribution is -0.237. The third-order valence-electron chi connectivity index (χ3n) is 10.4. The molecule has 33 heteroatoms. The van der Waals surface area contributed by atoms with E-state index in [9.17, 15) is 39.9 Å². The van der Waals surface area contributed by atoms with E-state index in [1.54, 1.807) is 0 Å². The molecule has 0 spiro atoms. The quantitative estimate of drug-likeness (QED) is 0.0475. The van der Waals surface area contributed by atoms with E-state index in [1.807, 2.05) is 0 Å². The number of nitrogen functional groups attached to an aromatic ring is 3. The van der Waals surface area contributed by atoms with Gasteiger partial charge in [-0.2, -0.15) is 0 Å². The maximum Gasteiger partial charge on any atom is 0.268 e. The average molecular weight is 940 g/mol. The second-order valence-corrected chi connectivity index (χ2v) is 18.3. The third kappa shape index (κ3) is 7.99. The Bertz CT molecular complexity index is 2750. The van der Waals surface area contributed by atoms with Crippen molar-refractivity contribution in [2.45, 2.75) is 73.6 Å². The highest BCUT2D eigenvalue weighted by Gasteiger charge is 2.51. The molecule has 3 saturated heterocycles. The molecule has 0 saturated carbocycles. The summed E-state index contributed by atoms with van der Waals surface area (Å²) in [6.45, 7) is -7.11. The highest BCUT2D eigenvalue weighted by molar-refractivity contribution is 8.06. The first-order valence-electron chi connectivity index (χ1n) is 18.4. The fourth-order valence-electron chi connectivity index (χ4n) is 7.35. The number of hydrogen-bond acceptors (Lipinski definition) is 28. The van der Waals surface area contributed by atoms with Gasteiger partial charge >= 0.3 is 0 Å². The smallest absolute Gasteiger partial charge is 0.268 e. The zero-order valence-corrected chi connectivity index (χ0v) is 34.3. The Kier molecular flexibility index (Phi) is 11.6. The van der Waals surface area contributed by atoms with Crippen LogP contribution in [0, 0.1) is 0 Å². The number of fused-ring (bicyclic) bond motifs is 3. The lowest BCUT2D eigenvalue weighted by atomic mass is 10.1. The van der Waals surface area contributed by atoms with Gasteiger partial charge < -0.3 is 84.8 Å². The van der Waals surface area contributed by atoms with E-state index < -0.39 is 108 Å². The monoisotopic (exact) mass is 939 g/mol. The number of nitrogens with two attached hydrogens (primary N) is 3. The Balaban J connectivity index is 0.913. The largest absolute Gasteiger partial charge is 0.780 e. The number of aliphatic hydroxyl groups excluding tert-OH is 5. The van der Waals surface area contributed by atoms with Gasteiger partial charge in [-0.25, -0.2) is 44.9 Å². The van der Waals surface area contributed by atoms with Gasteiger partial charge in [-0.15, -0.1) is 0 Å². The van der Waals surface area contributed by atoms with Crippen LogP contribution >= 0.6 is 14.5 Å². The second kappa shape index (κ2) is 16.7. The molecule has 9 heterocycles. The number of aromatic nitrogens is 12. The van der Waals surface area contributed by atoms with Crippen LogP contribution in [0.5, 0.6) is 0 Å². The van der Waals surface area contributed by atoms with Gasteiger partial charge in [0.15, 0.2) is 53.1 Å². The molecule has 9 rings (SSSR count). The highest BCUT2D eigenvalue weighted by atomic mass is 32.5. The molecule has 6 aromatic heterocycles. The summed E-state index contributed by atoms with van der Waals surface area (Å²) in [4.78, 5) is 63.6. The molecule has 0 aliphatic carbocycles. The molecular formula is C30H35N15O15P2S-2. The molecule has 6 aromatic rings. The summed E-state index contributed by atoms with van der Waals surface area (Å²) in [5.41, 5.74) is 18.5. The van der Waals surface area contributed by atoms with Gasteiger partial charge in [0.1, 0.15) is 97.2 Å². The Morgan fingerprint density at radius 3 is 1.52 bits per heavy atom. The fraction of sp³-hybridized carbons (Fsp3) is 0.500. The normalized spacial score (nSPS) is 31.9. The van der Waals surface area contributed by atoms with Gasteiger partial charge in [-0.05, 0) is 0 Å². The molecule has 63 heavy (non-hydrogen) atoms. The van der Waals surface area contributed by atoms with Gasteiger partial charge in [-0.3, -0.25) is 18.3 Å². The fourth-order valence-corrected chi connectivity index (χ4v) is 9.67. The minimum atomic E-state index is -5.52. The first-order chi connectivity index (χ1) is 30.1. The Hall–Kier alpha value is -4.63. The molecule has 0 radical (unpaired) electrons.